The Labute approximate surface area is 161 Å². The quantitative estimate of drug-likeness (QED) is 0.728. The molecule has 7 heteroatoms. The number of aliphatic carboxylic acids is 1. The fraction of sp³-hybridized carbons (Fsp3) is 0.350. The van der Waals surface area contributed by atoms with Crippen molar-refractivity contribution in [2.24, 2.45) is 0 Å². The number of aryl methyl sites for hydroxylation is 1. The molecule has 0 aliphatic heterocycles. The number of hydrogen-bond donors (Lipinski definition) is 3. The number of halogens is 1. The van der Waals surface area contributed by atoms with Crippen molar-refractivity contribution in [3.05, 3.63) is 57.4 Å². The number of nitrogens with one attached hydrogen (secondary N) is 2. The molecule has 1 heterocycles. The Morgan fingerprint density at radius 1 is 1.26 bits per heavy atom. The summed E-state index contributed by atoms with van der Waals surface area (Å²) in [7, 11) is 0. The summed E-state index contributed by atoms with van der Waals surface area (Å²) in [6.45, 7) is 3.41. The third-order valence-corrected chi connectivity index (χ3v) is 5.48. The summed E-state index contributed by atoms with van der Waals surface area (Å²) in [6.07, 6.45) is 2.05. The topological polar surface area (TPSA) is 99.3 Å². The van der Waals surface area contributed by atoms with Gasteiger partial charge in [-0.15, -0.1) is 0 Å². The minimum atomic E-state index is -1.59. The minimum Gasteiger partial charge on any atom is -0.479 e. The van der Waals surface area contributed by atoms with Crippen molar-refractivity contribution in [1.29, 1.82) is 0 Å². The molecule has 0 spiro atoms. The normalized spacial score (nSPS) is 15.7. The Bertz CT molecular complexity index is 917. The summed E-state index contributed by atoms with van der Waals surface area (Å²) in [5.74, 6) is -1.69. The highest BCUT2D eigenvalue weighted by Gasteiger charge is 2.41. The molecule has 0 saturated carbocycles. The summed E-state index contributed by atoms with van der Waals surface area (Å²) in [5.41, 5.74) is 0.958. The average molecular weight is 389 g/mol. The number of carboxylic acids is 1. The molecule has 1 unspecified atom stereocenters. The molecule has 0 radical (unpaired) electrons. The van der Waals surface area contributed by atoms with E-state index in [9.17, 15) is 19.5 Å². The van der Waals surface area contributed by atoms with Gasteiger partial charge in [-0.25, -0.2) is 4.79 Å². The van der Waals surface area contributed by atoms with Crippen molar-refractivity contribution in [2.75, 3.05) is 0 Å². The van der Waals surface area contributed by atoms with Crippen LogP contribution in [0, 0.1) is 6.92 Å². The van der Waals surface area contributed by atoms with Crippen molar-refractivity contribution in [1.82, 2.24) is 10.3 Å². The molecular formula is C20H21ClN2O4. The fourth-order valence-corrected chi connectivity index (χ4v) is 3.81. The summed E-state index contributed by atoms with van der Waals surface area (Å²) < 4.78 is 0. The number of carbonyl (C=O) groups is 3. The van der Waals surface area contributed by atoms with Gasteiger partial charge in [-0.3, -0.25) is 9.59 Å². The standard InChI is InChI=1S/C20H21ClN2O4/c1-3-20(19(26)27,12-7-9-13(21)10-8-12)23-18(25)17-11(2)16-14(22-17)5-4-6-15(16)24/h7-10,22H,3-6H2,1-2H3,(H,23,25)(H,26,27). The monoisotopic (exact) mass is 388 g/mol. The van der Waals surface area contributed by atoms with E-state index in [0.29, 0.717) is 34.6 Å². The average Bonchev–Trinajstić information content (AvgIpc) is 2.98. The molecule has 1 atom stereocenters. The first-order chi connectivity index (χ1) is 12.8. The number of carboxylic acid groups (broad SMARTS) is 1. The lowest BCUT2D eigenvalue weighted by molar-refractivity contribution is -0.145. The summed E-state index contributed by atoms with van der Waals surface area (Å²) in [6, 6.07) is 6.37. The highest BCUT2D eigenvalue weighted by molar-refractivity contribution is 6.30. The van der Waals surface area contributed by atoms with Crippen molar-refractivity contribution in [3.8, 4) is 0 Å². The highest BCUT2D eigenvalue weighted by atomic mass is 35.5. The number of H-pyrrole nitrogens is 1. The molecule has 0 bridgehead atoms. The van der Waals surface area contributed by atoms with Crippen LogP contribution in [0.4, 0.5) is 0 Å². The molecule has 2 aromatic rings. The van der Waals surface area contributed by atoms with Crippen molar-refractivity contribution >= 4 is 29.3 Å². The van der Waals surface area contributed by atoms with Crippen LogP contribution in [0.15, 0.2) is 24.3 Å². The van der Waals surface area contributed by atoms with E-state index in [1.165, 1.54) is 0 Å². The van der Waals surface area contributed by atoms with Gasteiger partial charge >= 0.3 is 5.97 Å². The lowest BCUT2D eigenvalue weighted by atomic mass is 9.87. The third kappa shape index (κ3) is 3.25. The zero-order valence-electron chi connectivity index (χ0n) is 15.2. The van der Waals surface area contributed by atoms with E-state index in [-0.39, 0.29) is 17.9 Å². The molecule has 0 fully saturated rings. The molecule has 0 saturated heterocycles. The van der Waals surface area contributed by atoms with Crippen LogP contribution in [0.1, 0.15) is 63.9 Å². The Balaban J connectivity index is 2.00. The number of benzene rings is 1. The first-order valence-corrected chi connectivity index (χ1v) is 9.24. The predicted molar refractivity (Wildman–Crippen MR) is 101 cm³/mol. The molecule has 142 valence electrons. The zero-order chi connectivity index (χ0) is 19.8. The Morgan fingerprint density at radius 2 is 1.93 bits per heavy atom. The zero-order valence-corrected chi connectivity index (χ0v) is 15.9. The van der Waals surface area contributed by atoms with Crippen LogP contribution in [0.3, 0.4) is 0 Å². The van der Waals surface area contributed by atoms with E-state index in [1.807, 2.05) is 0 Å². The second-order valence-electron chi connectivity index (χ2n) is 6.78. The smallest absolute Gasteiger partial charge is 0.334 e. The Hall–Kier alpha value is -2.60. The Morgan fingerprint density at radius 3 is 2.48 bits per heavy atom. The lowest BCUT2D eigenvalue weighted by Crippen LogP contribution is -2.51. The first kappa shape index (κ1) is 19.2. The van der Waals surface area contributed by atoms with Gasteiger partial charge in [-0.2, -0.15) is 0 Å². The third-order valence-electron chi connectivity index (χ3n) is 5.22. The van der Waals surface area contributed by atoms with Gasteiger partial charge < -0.3 is 15.4 Å². The maximum absolute atomic E-state index is 13.0. The van der Waals surface area contributed by atoms with Crippen LogP contribution in [0.5, 0.6) is 0 Å². The number of amides is 1. The molecule has 1 amide bonds. The maximum atomic E-state index is 13.0. The molecule has 27 heavy (non-hydrogen) atoms. The molecular weight excluding hydrogens is 368 g/mol. The number of hydrogen-bond acceptors (Lipinski definition) is 3. The van der Waals surface area contributed by atoms with E-state index >= 15 is 0 Å². The van der Waals surface area contributed by atoms with E-state index < -0.39 is 17.4 Å². The van der Waals surface area contributed by atoms with Crippen LogP contribution in [-0.4, -0.2) is 27.8 Å². The lowest BCUT2D eigenvalue weighted by Gasteiger charge is -2.30. The minimum absolute atomic E-state index is 0.0155. The van der Waals surface area contributed by atoms with Crippen LogP contribution < -0.4 is 5.32 Å². The maximum Gasteiger partial charge on any atom is 0.334 e. The van der Waals surface area contributed by atoms with Gasteiger partial charge in [0.05, 0.1) is 0 Å². The molecule has 3 N–H and O–H groups in total. The number of rotatable bonds is 5. The molecule has 1 aliphatic rings. The highest BCUT2D eigenvalue weighted by Crippen LogP contribution is 2.30. The second kappa shape index (κ2) is 7.19. The van der Waals surface area contributed by atoms with E-state index in [2.05, 4.69) is 10.3 Å². The first-order valence-electron chi connectivity index (χ1n) is 8.86. The van der Waals surface area contributed by atoms with Gasteiger partial charge in [0.2, 0.25) is 0 Å². The molecule has 1 aliphatic carbocycles. The second-order valence-corrected chi connectivity index (χ2v) is 7.22. The van der Waals surface area contributed by atoms with Crippen LogP contribution in [0.2, 0.25) is 5.02 Å². The molecule has 3 rings (SSSR count). The number of Topliss-reactive ketones (excluding diaryl/α,β-unsaturated/α-hetero) is 1. The van der Waals surface area contributed by atoms with E-state index in [4.69, 9.17) is 11.6 Å². The predicted octanol–water partition coefficient (Wildman–Crippen LogP) is 3.62. The SMILES string of the molecule is CCC(NC(=O)c1[nH]c2c(c1C)C(=O)CCC2)(C(=O)O)c1ccc(Cl)cc1. The van der Waals surface area contributed by atoms with Gasteiger partial charge in [0.15, 0.2) is 11.3 Å². The molecule has 1 aromatic carbocycles. The van der Waals surface area contributed by atoms with Crippen molar-refractivity contribution in [2.45, 2.75) is 45.1 Å². The van der Waals surface area contributed by atoms with Gasteiger partial charge in [-0.1, -0.05) is 30.7 Å². The fourth-order valence-electron chi connectivity index (χ4n) is 3.68. The summed E-state index contributed by atoms with van der Waals surface area (Å²) in [5, 5.41) is 13.1. The Kier molecular flexibility index (Phi) is 5.11. The van der Waals surface area contributed by atoms with Gasteiger partial charge in [0, 0.05) is 22.7 Å². The number of aromatic amines is 1. The molecule has 6 nitrogen and oxygen atoms in total. The van der Waals surface area contributed by atoms with E-state index in [1.54, 1.807) is 38.1 Å². The van der Waals surface area contributed by atoms with E-state index in [0.717, 1.165) is 12.1 Å². The number of carbonyl (C=O) groups excluding carboxylic acids is 2. The van der Waals surface area contributed by atoms with Crippen LogP contribution >= 0.6 is 11.6 Å². The van der Waals surface area contributed by atoms with Gasteiger partial charge in [0.25, 0.3) is 5.91 Å². The van der Waals surface area contributed by atoms with Crippen molar-refractivity contribution in [3.63, 3.8) is 0 Å². The number of fused-ring (bicyclic) bond motifs is 1. The van der Waals surface area contributed by atoms with Crippen molar-refractivity contribution < 1.29 is 19.5 Å². The van der Waals surface area contributed by atoms with Gasteiger partial charge in [-0.05, 0) is 49.4 Å². The van der Waals surface area contributed by atoms with Gasteiger partial charge in [0.1, 0.15) is 5.69 Å². The molecule has 1 aromatic heterocycles. The number of ketones is 1. The van der Waals surface area contributed by atoms with Crippen LogP contribution in [-0.2, 0) is 16.8 Å². The number of aromatic nitrogens is 1. The van der Waals surface area contributed by atoms with Crippen LogP contribution in [0.25, 0.3) is 0 Å². The summed E-state index contributed by atoms with van der Waals surface area (Å²) in [4.78, 5) is 40.3. The summed E-state index contributed by atoms with van der Waals surface area (Å²) >= 11 is 5.91. The largest absolute Gasteiger partial charge is 0.479 e.